The van der Waals surface area contributed by atoms with Gasteiger partial charge in [0.2, 0.25) is 5.69 Å². The Bertz CT molecular complexity index is 877. The van der Waals surface area contributed by atoms with E-state index in [2.05, 4.69) is 9.72 Å². The number of fused-ring (bicyclic) bond motifs is 1. The lowest BCUT2D eigenvalue weighted by Gasteiger charge is -2.04. The van der Waals surface area contributed by atoms with Crippen molar-refractivity contribution in [2.24, 2.45) is 0 Å². The fourth-order valence-electron chi connectivity index (χ4n) is 2.47. The van der Waals surface area contributed by atoms with Crippen LogP contribution in [0.1, 0.15) is 10.5 Å². The van der Waals surface area contributed by atoms with E-state index >= 15 is 0 Å². The number of carbonyl (C=O) groups is 1. The summed E-state index contributed by atoms with van der Waals surface area (Å²) in [6.07, 6.45) is 0. The van der Waals surface area contributed by atoms with Crippen LogP contribution >= 0.6 is 0 Å². The first-order chi connectivity index (χ1) is 10.6. The minimum absolute atomic E-state index is 0.0529. The summed E-state index contributed by atoms with van der Waals surface area (Å²) < 4.78 is 4.61. The molecule has 0 aliphatic rings. The molecule has 6 heteroatoms. The fourth-order valence-corrected chi connectivity index (χ4v) is 2.47. The van der Waals surface area contributed by atoms with Crippen molar-refractivity contribution in [1.82, 2.24) is 4.98 Å². The molecule has 0 saturated heterocycles. The summed E-state index contributed by atoms with van der Waals surface area (Å²) in [5.74, 6) is -0.869. The molecule has 0 bridgehead atoms. The minimum atomic E-state index is -0.644. The molecule has 22 heavy (non-hydrogen) atoms. The number of rotatable bonds is 3. The number of methoxy groups -OCH3 is 1. The first-order valence-corrected chi connectivity index (χ1v) is 6.55. The zero-order valence-electron chi connectivity index (χ0n) is 11.7. The topological polar surface area (TPSA) is 85.2 Å². The number of nitrogens with zero attached hydrogens (tertiary/aromatic N) is 1. The number of H-pyrrole nitrogens is 1. The number of esters is 1. The number of hydrogen-bond acceptors (Lipinski definition) is 4. The highest BCUT2D eigenvalue weighted by molar-refractivity contribution is 6.00. The molecule has 3 aromatic rings. The third kappa shape index (κ3) is 2.20. The summed E-state index contributed by atoms with van der Waals surface area (Å²) in [5.41, 5.74) is 1.11. The van der Waals surface area contributed by atoms with Gasteiger partial charge in [0, 0.05) is 6.07 Å². The van der Waals surface area contributed by atoms with E-state index in [0.717, 1.165) is 10.8 Å². The van der Waals surface area contributed by atoms with Gasteiger partial charge >= 0.3 is 11.8 Å². The maximum Gasteiger partial charge on any atom is 0.378 e. The minimum Gasteiger partial charge on any atom is -0.463 e. The summed E-state index contributed by atoms with van der Waals surface area (Å²) in [6, 6.07) is 14.6. The van der Waals surface area contributed by atoms with Gasteiger partial charge in [0.15, 0.2) is 0 Å². The lowest BCUT2D eigenvalue weighted by molar-refractivity contribution is -0.388. The number of benzene rings is 2. The molecule has 2 aromatic carbocycles. The molecule has 3 rings (SSSR count). The molecule has 0 fully saturated rings. The quantitative estimate of drug-likeness (QED) is 0.455. The molecule has 1 heterocycles. The number of nitro groups is 1. The Kier molecular flexibility index (Phi) is 3.34. The molecule has 110 valence electrons. The summed E-state index contributed by atoms with van der Waals surface area (Å²) >= 11 is 0. The van der Waals surface area contributed by atoms with Crippen molar-refractivity contribution in [1.29, 1.82) is 0 Å². The predicted molar refractivity (Wildman–Crippen MR) is 81.7 cm³/mol. The molecule has 0 saturated carbocycles. The van der Waals surface area contributed by atoms with Gasteiger partial charge in [0.25, 0.3) is 0 Å². The molecule has 0 aliphatic carbocycles. The highest BCUT2D eigenvalue weighted by atomic mass is 16.6. The normalized spacial score (nSPS) is 10.6. The van der Waals surface area contributed by atoms with Gasteiger partial charge < -0.3 is 14.9 Å². The van der Waals surface area contributed by atoms with Crippen molar-refractivity contribution in [3.8, 4) is 11.1 Å². The Labute approximate surface area is 125 Å². The highest BCUT2D eigenvalue weighted by Gasteiger charge is 2.24. The number of aromatic nitrogens is 1. The second-order valence-electron chi connectivity index (χ2n) is 4.72. The Morgan fingerprint density at radius 2 is 1.86 bits per heavy atom. The van der Waals surface area contributed by atoms with E-state index in [4.69, 9.17) is 0 Å². The predicted octanol–water partition coefficient (Wildman–Crippen LogP) is 3.53. The lowest BCUT2D eigenvalue weighted by Crippen LogP contribution is -2.01. The number of hydrogen-bond donors (Lipinski definition) is 1. The zero-order valence-corrected chi connectivity index (χ0v) is 11.7. The van der Waals surface area contributed by atoms with Gasteiger partial charge in [-0.25, -0.2) is 9.78 Å². The van der Waals surface area contributed by atoms with E-state index in [1.54, 1.807) is 6.07 Å². The molecule has 0 radical (unpaired) electrons. The van der Waals surface area contributed by atoms with Crippen LogP contribution in [-0.4, -0.2) is 23.0 Å². The second-order valence-corrected chi connectivity index (χ2v) is 4.72. The molecule has 6 nitrogen and oxygen atoms in total. The average molecular weight is 296 g/mol. The highest BCUT2D eigenvalue weighted by Crippen LogP contribution is 2.35. The van der Waals surface area contributed by atoms with Gasteiger partial charge in [0.1, 0.15) is 0 Å². The van der Waals surface area contributed by atoms with Crippen LogP contribution in [0, 0.1) is 10.1 Å². The van der Waals surface area contributed by atoms with E-state index in [0.29, 0.717) is 11.1 Å². The van der Waals surface area contributed by atoms with Crippen molar-refractivity contribution >= 4 is 22.6 Å². The van der Waals surface area contributed by atoms with Crippen LogP contribution in [0.5, 0.6) is 0 Å². The number of carbonyl (C=O) groups excluding carboxylic acids is 1. The van der Waals surface area contributed by atoms with Crippen LogP contribution in [0.15, 0.2) is 48.5 Å². The number of ether oxygens (including phenoxy) is 1. The van der Waals surface area contributed by atoms with Gasteiger partial charge in [-0.1, -0.05) is 42.5 Å². The molecule has 0 spiro atoms. The van der Waals surface area contributed by atoms with E-state index < -0.39 is 10.9 Å². The molecule has 0 amide bonds. The van der Waals surface area contributed by atoms with Gasteiger partial charge in [-0.05, 0) is 21.3 Å². The van der Waals surface area contributed by atoms with Gasteiger partial charge in [0.05, 0.1) is 12.7 Å². The standard InChI is InChI=1S/C16H12N2O4/c1-22-16(19)14-9-13(15(17-14)18(20)21)12-8-4-6-10-5-2-3-7-11(10)12/h2-9,17H,1H3. The number of aromatic amines is 1. The van der Waals surface area contributed by atoms with Crippen molar-refractivity contribution in [2.45, 2.75) is 0 Å². The number of nitrogens with one attached hydrogen (secondary N) is 1. The summed E-state index contributed by atoms with van der Waals surface area (Å²) in [4.78, 5) is 24.9. The van der Waals surface area contributed by atoms with Crippen LogP contribution in [-0.2, 0) is 4.74 Å². The van der Waals surface area contributed by atoms with Crippen LogP contribution in [0.25, 0.3) is 21.9 Å². The average Bonchev–Trinajstić information content (AvgIpc) is 2.99. The van der Waals surface area contributed by atoms with Crippen molar-refractivity contribution < 1.29 is 14.5 Å². The zero-order chi connectivity index (χ0) is 15.7. The maximum atomic E-state index is 11.6. The fraction of sp³-hybridized carbons (Fsp3) is 0.0625. The van der Waals surface area contributed by atoms with Crippen molar-refractivity contribution in [3.63, 3.8) is 0 Å². The maximum absolute atomic E-state index is 11.6. The Morgan fingerprint density at radius 3 is 2.59 bits per heavy atom. The van der Waals surface area contributed by atoms with Gasteiger partial charge in [-0.3, -0.25) is 0 Å². The molecule has 1 N–H and O–H groups in total. The Morgan fingerprint density at radius 1 is 1.14 bits per heavy atom. The van der Waals surface area contributed by atoms with Crippen LogP contribution in [0.4, 0.5) is 5.82 Å². The van der Waals surface area contributed by atoms with Crippen LogP contribution in [0.2, 0.25) is 0 Å². The summed E-state index contributed by atoms with van der Waals surface area (Å²) in [5, 5.41) is 13.1. The van der Waals surface area contributed by atoms with E-state index in [-0.39, 0.29) is 11.5 Å². The molecular weight excluding hydrogens is 284 g/mol. The Balaban J connectivity index is 2.28. The smallest absolute Gasteiger partial charge is 0.378 e. The first kappa shape index (κ1) is 13.8. The SMILES string of the molecule is COC(=O)c1cc(-c2cccc3ccccc23)c([N+](=O)[O-])[nH]1. The third-order valence-corrected chi connectivity index (χ3v) is 3.46. The first-order valence-electron chi connectivity index (χ1n) is 6.55. The largest absolute Gasteiger partial charge is 0.463 e. The molecule has 0 unspecified atom stereocenters. The van der Waals surface area contributed by atoms with Crippen molar-refractivity contribution in [2.75, 3.05) is 7.11 Å². The third-order valence-electron chi connectivity index (χ3n) is 3.46. The molecule has 0 atom stereocenters. The monoisotopic (exact) mass is 296 g/mol. The van der Waals surface area contributed by atoms with Crippen LogP contribution < -0.4 is 0 Å². The summed E-state index contributed by atoms with van der Waals surface area (Å²) in [6.45, 7) is 0. The van der Waals surface area contributed by atoms with E-state index in [9.17, 15) is 14.9 Å². The molecular formula is C16H12N2O4. The Hall–Kier alpha value is -3.15. The van der Waals surface area contributed by atoms with E-state index in [1.807, 2.05) is 36.4 Å². The summed E-state index contributed by atoms with van der Waals surface area (Å²) in [7, 11) is 1.23. The second kappa shape index (κ2) is 5.33. The van der Waals surface area contributed by atoms with E-state index in [1.165, 1.54) is 13.2 Å². The van der Waals surface area contributed by atoms with Crippen LogP contribution in [0.3, 0.4) is 0 Å². The van der Waals surface area contributed by atoms with Crippen molar-refractivity contribution in [3.05, 3.63) is 64.3 Å². The van der Waals surface area contributed by atoms with Gasteiger partial charge in [-0.2, -0.15) is 0 Å². The lowest BCUT2D eigenvalue weighted by atomic mass is 9.99. The molecule has 0 aliphatic heterocycles. The molecule has 1 aromatic heterocycles. The van der Waals surface area contributed by atoms with Gasteiger partial charge in [-0.15, -0.1) is 0 Å².